The normalized spacial score (nSPS) is 20.4. The second kappa shape index (κ2) is 9.63. The van der Waals surface area contributed by atoms with Crippen LogP contribution in [0, 0.1) is 18.2 Å². The Labute approximate surface area is 208 Å². The third kappa shape index (κ3) is 5.42. The van der Waals surface area contributed by atoms with Gasteiger partial charge in [0.25, 0.3) is 0 Å². The van der Waals surface area contributed by atoms with E-state index in [-0.39, 0.29) is 12.2 Å². The van der Waals surface area contributed by atoms with Crippen molar-refractivity contribution in [1.29, 1.82) is 0 Å². The SMILES string of the molecule is Cc1cc(N(C)C(=O)N(C)[C@@H]2CN(C(=O)O)C(C(C)(C)C)[C@H]2c2ccc(F)cc2)cc(C(F)(F)F)c1. The van der Waals surface area contributed by atoms with Crippen LogP contribution >= 0.6 is 0 Å². The number of carboxylic acid groups (broad SMARTS) is 1. The van der Waals surface area contributed by atoms with Crippen molar-refractivity contribution in [2.75, 3.05) is 25.5 Å². The summed E-state index contributed by atoms with van der Waals surface area (Å²) in [5.74, 6) is -0.938. The summed E-state index contributed by atoms with van der Waals surface area (Å²) in [4.78, 5) is 29.5. The monoisotopic (exact) mass is 509 g/mol. The van der Waals surface area contributed by atoms with Crippen LogP contribution in [-0.4, -0.2) is 59.8 Å². The van der Waals surface area contributed by atoms with E-state index in [2.05, 4.69) is 0 Å². The number of carbonyl (C=O) groups excluding carboxylic acids is 1. The van der Waals surface area contributed by atoms with Gasteiger partial charge < -0.3 is 14.9 Å². The van der Waals surface area contributed by atoms with Crippen LogP contribution in [-0.2, 0) is 6.18 Å². The fourth-order valence-corrected chi connectivity index (χ4v) is 5.10. The van der Waals surface area contributed by atoms with Gasteiger partial charge in [-0.05, 0) is 53.8 Å². The average Bonchev–Trinajstić information content (AvgIpc) is 3.18. The van der Waals surface area contributed by atoms with E-state index in [9.17, 15) is 32.3 Å². The number of anilines is 1. The van der Waals surface area contributed by atoms with Gasteiger partial charge in [0, 0.05) is 38.3 Å². The molecule has 10 heteroatoms. The zero-order chi connectivity index (χ0) is 27.2. The van der Waals surface area contributed by atoms with Gasteiger partial charge in [-0.25, -0.2) is 14.0 Å². The number of halogens is 4. The standard InChI is InChI=1S/C26H31F4N3O3/c1-15-11-17(26(28,29)30)13-19(12-15)31(5)23(34)32(6)20-14-33(24(35)36)22(25(2,3)4)21(20)16-7-9-18(27)10-8-16/h7-13,20-22H,14H2,1-6H3,(H,35,36)/t20-,21+,22?/m1/s1. The molecule has 0 radical (unpaired) electrons. The number of nitrogens with zero attached hydrogens (tertiary/aromatic N) is 3. The molecule has 1 heterocycles. The van der Waals surface area contributed by atoms with Gasteiger partial charge in [0.1, 0.15) is 5.82 Å². The largest absolute Gasteiger partial charge is 0.465 e. The van der Waals surface area contributed by atoms with Crippen molar-refractivity contribution >= 4 is 17.8 Å². The Bertz CT molecular complexity index is 1130. The Morgan fingerprint density at radius 2 is 1.61 bits per heavy atom. The number of alkyl halides is 3. The Hall–Kier alpha value is -3.30. The smallest absolute Gasteiger partial charge is 0.416 e. The molecule has 1 fully saturated rings. The Kier molecular flexibility index (Phi) is 7.30. The zero-order valence-corrected chi connectivity index (χ0v) is 21.1. The number of aryl methyl sites for hydroxylation is 1. The molecule has 1 saturated heterocycles. The number of rotatable bonds is 3. The topological polar surface area (TPSA) is 64.1 Å². The highest BCUT2D eigenvalue weighted by molar-refractivity contribution is 5.92. The molecule has 2 aromatic rings. The lowest BCUT2D eigenvalue weighted by atomic mass is 9.75. The summed E-state index contributed by atoms with van der Waals surface area (Å²) in [6, 6.07) is 7.35. The van der Waals surface area contributed by atoms with Crippen LogP contribution < -0.4 is 4.90 Å². The third-order valence-electron chi connectivity index (χ3n) is 6.72. The van der Waals surface area contributed by atoms with Gasteiger partial charge in [-0.1, -0.05) is 32.9 Å². The summed E-state index contributed by atoms with van der Waals surface area (Å²) in [6.07, 6.45) is -5.72. The van der Waals surface area contributed by atoms with E-state index in [0.717, 1.165) is 17.0 Å². The number of amides is 3. The first-order chi connectivity index (χ1) is 16.5. The number of hydrogen-bond donors (Lipinski definition) is 1. The van der Waals surface area contributed by atoms with Crippen LogP contribution in [0.25, 0.3) is 0 Å². The van der Waals surface area contributed by atoms with Gasteiger partial charge >= 0.3 is 18.3 Å². The number of likely N-dealkylation sites (tertiary alicyclic amines) is 1. The second-order valence-electron chi connectivity index (χ2n) is 10.4. The average molecular weight is 510 g/mol. The maximum absolute atomic E-state index is 13.7. The van der Waals surface area contributed by atoms with Crippen LogP contribution in [0.3, 0.4) is 0 Å². The molecule has 0 aromatic heterocycles. The number of carbonyl (C=O) groups is 2. The fourth-order valence-electron chi connectivity index (χ4n) is 5.10. The molecule has 0 bridgehead atoms. The molecule has 1 aliphatic rings. The molecule has 1 N–H and O–H groups in total. The van der Waals surface area contributed by atoms with Gasteiger partial charge in [-0.2, -0.15) is 13.2 Å². The fraction of sp³-hybridized carbons (Fsp3) is 0.462. The van der Waals surface area contributed by atoms with E-state index in [1.54, 1.807) is 12.1 Å². The lowest BCUT2D eigenvalue weighted by Crippen LogP contribution is -2.48. The molecule has 3 rings (SSSR count). The van der Waals surface area contributed by atoms with Gasteiger partial charge in [0.2, 0.25) is 0 Å². The number of urea groups is 1. The lowest BCUT2D eigenvalue weighted by Gasteiger charge is -2.39. The van der Waals surface area contributed by atoms with Crippen LogP contribution in [0.1, 0.15) is 43.4 Å². The van der Waals surface area contributed by atoms with Crippen molar-refractivity contribution in [3.63, 3.8) is 0 Å². The van der Waals surface area contributed by atoms with E-state index < -0.39 is 53.1 Å². The maximum atomic E-state index is 13.7. The molecule has 0 aliphatic carbocycles. The highest BCUT2D eigenvalue weighted by Crippen LogP contribution is 2.45. The Balaban J connectivity index is 2.03. The summed E-state index contributed by atoms with van der Waals surface area (Å²) >= 11 is 0. The summed E-state index contributed by atoms with van der Waals surface area (Å²) in [5, 5.41) is 9.96. The van der Waals surface area contributed by atoms with E-state index in [0.29, 0.717) is 11.1 Å². The van der Waals surface area contributed by atoms with Gasteiger partial charge in [0.15, 0.2) is 0 Å². The van der Waals surface area contributed by atoms with Crippen LogP contribution in [0.5, 0.6) is 0 Å². The Morgan fingerprint density at radius 3 is 2.11 bits per heavy atom. The van der Waals surface area contributed by atoms with Gasteiger partial charge in [0.05, 0.1) is 11.6 Å². The molecule has 2 aromatic carbocycles. The van der Waals surface area contributed by atoms with Gasteiger partial charge in [-0.15, -0.1) is 0 Å². The van der Waals surface area contributed by atoms with Crippen molar-refractivity contribution in [2.45, 2.75) is 51.9 Å². The lowest BCUT2D eigenvalue weighted by molar-refractivity contribution is -0.137. The summed E-state index contributed by atoms with van der Waals surface area (Å²) in [6.45, 7) is 7.20. The van der Waals surface area contributed by atoms with E-state index >= 15 is 0 Å². The minimum Gasteiger partial charge on any atom is -0.465 e. The Morgan fingerprint density at radius 1 is 1.03 bits per heavy atom. The van der Waals surface area contributed by atoms with E-state index in [4.69, 9.17) is 0 Å². The zero-order valence-electron chi connectivity index (χ0n) is 21.1. The molecular formula is C26H31F4N3O3. The summed E-state index contributed by atoms with van der Waals surface area (Å²) in [5.41, 5.74) is -0.313. The first-order valence-electron chi connectivity index (χ1n) is 11.5. The highest BCUT2D eigenvalue weighted by Gasteiger charge is 2.52. The number of hydrogen-bond acceptors (Lipinski definition) is 2. The van der Waals surface area contributed by atoms with Crippen molar-refractivity contribution in [3.8, 4) is 0 Å². The molecular weight excluding hydrogens is 478 g/mol. The minimum absolute atomic E-state index is 0.00296. The molecule has 6 nitrogen and oxygen atoms in total. The van der Waals surface area contributed by atoms with Gasteiger partial charge in [-0.3, -0.25) is 4.90 Å². The van der Waals surface area contributed by atoms with Crippen molar-refractivity contribution in [1.82, 2.24) is 9.80 Å². The first kappa shape index (κ1) is 27.3. The van der Waals surface area contributed by atoms with Crippen LogP contribution in [0.15, 0.2) is 42.5 Å². The summed E-state index contributed by atoms with van der Waals surface area (Å²) < 4.78 is 53.7. The molecule has 1 aliphatic heterocycles. The van der Waals surface area contributed by atoms with Crippen molar-refractivity contribution in [3.05, 3.63) is 65.0 Å². The van der Waals surface area contributed by atoms with E-state index in [1.807, 2.05) is 20.8 Å². The van der Waals surface area contributed by atoms with E-state index in [1.165, 1.54) is 49.0 Å². The minimum atomic E-state index is -4.57. The number of benzene rings is 2. The summed E-state index contributed by atoms with van der Waals surface area (Å²) in [7, 11) is 2.89. The second-order valence-corrected chi connectivity index (χ2v) is 10.4. The molecule has 3 atom stereocenters. The van der Waals surface area contributed by atoms with Crippen molar-refractivity contribution < 1.29 is 32.3 Å². The van der Waals surface area contributed by atoms with Crippen LogP contribution in [0.4, 0.5) is 32.8 Å². The number of likely N-dealkylation sites (N-methyl/N-ethyl adjacent to an activating group) is 1. The maximum Gasteiger partial charge on any atom is 0.416 e. The molecule has 0 saturated carbocycles. The predicted octanol–water partition coefficient (Wildman–Crippen LogP) is 6.20. The molecule has 0 spiro atoms. The molecule has 3 amide bonds. The van der Waals surface area contributed by atoms with Crippen molar-refractivity contribution in [2.24, 2.45) is 5.41 Å². The highest BCUT2D eigenvalue weighted by atomic mass is 19.4. The third-order valence-corrected chi connectivity index (χ3v) is 6.72. The molecule has 1 unspecified atom stereocenters. The van der Waals surface area contributed by atoms with Crippen LogP contribution in [0.2, 0.25) is 0 Å². The molecule has 196 valence electrons. The quantitative estimate of drug-likeness (QED) is 0.501. The first-order valence-corrected chi connectivity index (χ1v) is 11.5. The molecule has 36 heavy (non-hydrogen) atoms. The predicted molar refractivity (Wildman–Crippen MR) is 129 cm³/mol.